The highest BCUT2D eigenvalue weighted by atomic mass is 35.5. The lowest BCUT2D eigenvalue weighted by Gasteiger charge is -2.12. The van der Waals surface area contributed by atoms with Crippen LogP contribution in [0.3, 0.4) is 0 Å². The van der Waals surface area contributed by atoms with Crippen LogP contribution < -0.4 is 10.1 Å². The van der Waals surface area contributed by atoms with Crippen LogP contribution in [-0.2, 0) is 0 Å². The van der Waals surface area contributed by atoms with Crippen molar-refractivity contribution in [3.63, 3.8) is 0 Å². The lowest BCUT2D eigenvalue weighted by atomic mass is 10.2. The Morgan fingerprint density at radius 2 is 1.42 bits per heavy atom. The summed E-state index contributed by atoms with van der Waals surface area (Å²) in [6.45, 7) is 10.7. The Labute approximate surface area is 157 Å². The summed E-state index contributed by atoms with van der Waals surface area (Å²) in [4.78, 5) is 0. The van der Waals surface area contributed by atoms with E-state index in [-0.39, 0.29) is 0 Å². The van der Waals surface area contributed by atoms with Gasteiger partial charge >= 0.3 is 0 Å². The van der Waals surface area contributed by atoms with Gasteiger partial charge in [0.25, 0.3) is 0 Å². The summed E-state index contributed by atoms with van der Waals surface area (Å²) in [6, 6.07) is 13.5. The maximum atomic E-state index is 6.23. The Morgan fingerprint density at radius 1 is 0.875 bits per heavy atom. The van der Waals surface area contributed by atoms with E-state index in [9.17, 15) is 0 Å². The van der Waals surface area contributed by atoms with E-state index < -0.39 is 0 Å². The van der Waals surface area contributed by atoms with Crippen molar-refractivity contribution in [2.45, 2.75) is 47.5 Å². The third kappa shape index (κ3) is 7.94. The minimum Gasteiger partial charge on any atom is -0.490 e. The summed E-state index contributed by atoms with van der Waals surface area (Å²) in [7, 11) is 0. The SMILES string of the molecule is CC.CC.CCCCOc1c(Cl)cc(Nc2ccccc2)cc1Cl. The third-order valence-corrected chi connectivity index (χ3v) is 3.37. The second-order valence-corrected chi connectivity index (χ2v) is 5.28. The fourth-order valence-corrected chi connectivity index (χ4v) is 2.37. The minimum atomic E-state index is 0.520. The van der Waals surface area contributed by atoms with E-state index in [4.69, 9.17) is 27.9 Å². The Kier molecular flexibility index (Phi) is 13.2. The van der Waals surface area contributed by atoms with Crippen molar-refractivity contribution in [2.75, 3.05) is 11.9 Å². The number of hydrogen-bond donors (Lipinski definition) is 1. The predicted molar refractivity (Wildman–Crippen MR) is 109 cm³/mol. The van der Waals surface area contributed by atoms with Gasteiger partial charge in [0.2, 0.25) is 0 Å². The maximum absolute atomic E-state index is 6.23. The molecule has 0 aromatic heterocycles. The van der Waals surface area contributed by atoms with E-state index in [2.05, 4.69) is 12.2 Å². The number of rotatable bonds is 6. The molecule has 24 heavy (non-hydrogen) atoms. The van der Waals surface area contributed by atoms with Gasteiger partial charge in [-0.15, -0.1) is 0 Å². The third-order valence-electron chi connectivity index (χ3n) is 2.81. The summed E-state index contributed by atoms with van der Waals surface area (Å²) >= 11 is 12.5. The van der Waals surface area contributed by atoms with Gasteiger partial charge in [-0.05, 0) is 30.7 Å². The number of benzene rings is 2. The van der Waals surface area contributed by atoms with Gasteiger partial charge in [0.05, 0.1) is 16.7 Å². The minimum absolute atomic E-state index is 0.520. The van der Waals surface area contributed by atoms with Crippen molar-refractivity contribution in [2.24, 2.45) is 0 Å². The second kappa shape index (κ2) is 14.0. The average molecular weight is 370 g/mol. The molecule has 0 spiro atoms. The first-order valence-electron chi connectivity index (χ1n) is 8.64. The molecule has 0 unspecified atom stereocenters. The van der Waals surface area contributed by atoms with Crippen molar-refractivity contribution in [3.05, 3.63) is 52.5 Å². The molecule has 2 rings (SSSR count). The van der Waals surface area contributed by atoms with Crippen LogP contribution in [0, 0.1) is 0 Å². The predicted octanol–water partition coefficient (Wildman–Crippen LogP) is 7.97. The van der Waals surface area contributed by atoms with Gasteiger partial charge in [-0.3, -0.25) is 0 Å². The summed E-state index contributed by atoms with van der Waals surface area (Å²) in [5.74, 6) is 0.556. The van der Waals surface area contributed by atoms with Gasteiger partial charge in [-0.25, -0.2) is 0 Å². The normalized spacial score (nSPS) is 9.12. The molecule has 2 aromatic carbocycles. The smallest absolute Gasteiger partial charge is 0.156 e. The number of hydrogen-bond acceptors (Lipinski definition) is 2. The molecule has 0 radical (unpaired) electrons. The van der Waals surface area contributed by atoms with E-state index in [0.717, 1.165) is 24.2 Å². The van der Waals surface area contributed by atoms with E-state index >= 15 is 0 Å². The molecule has 0 aliphatic rings. The largest absolute Gasteiger partial charge is 0.490 e. The van der Waals surface area contributed by atoms with Crippen molar-refractivity contribution in [3.8, 4) is 5.75 Å². The van der Waals surface area contributed by atoms with Crippen LogP contribution in [0.5, 0.6) is 5.75 Å². The first kappa shape index (κ1) is 22.6. The average Bonchev–Trinajstić information content (AvgIpc) is 2.62. The summed E-state index contributed by atoms with van der Waals surface area (Å²) in [5.41, 5.74) is 1.83. The highest BCUT2D eigenvalue weighted by Gasteiger charge is 2.09. The highest BCUT2D eigenvalue weighted by molar-refractivity contribution is 6.37. The molecule has 0 bridgehead atoms. The van der Waals surface area contributed by atoms with Gasteiger partial charge in [-0.1, -0.05) is 82.4 Å². The van der Waals surface area contributed by atoms with E-state index in [0.29, 0.717) is 22.4 Å². The molecule has 2 nitrogen and oxygen atoms in total. The molecule has 2 aromatic rings. The van der Waals surface area contributed by atoms with E-state index in [1.54, 1.807) is 0 Å². The molecule has 4 heteroatoms. The van der Waals surface area contributed by atoms with Gasteiger partial charge < -0.3 is 10.1 Å². The van der Waals surface area contributed by atoms with Crippen LogP contribution in [0.15, 0.2) is 42.5 Å². The molecule has 0 atom stereocenters. The molecule has 0 saturated heterocycles. The molecule has 1 N–H and O–H groups in total. The van der Waals surface area contributed by atoms with Crippen LogP contribution in [0.25, 0.3) is 0 Å². The van der Waals surface area contributed by atoms with Crippen molar-refractivity contribution >= 4 is 34.6 Å². The fourth-order valence-electron chi connectivity index (χ4n) is 1.78. The van der Waals surface area contributed by atoms with Crippen LogP contribution in [0.4, 0.5) is 11.4 Å². The Hall–Kier alpha value is -1.38. The van der Waals surface area contributed by atoms with Crippen LogP contribution >= 0.6 is 23.2 Å². The number of para-hydroxylation sites is 1. The van der Waals surface area contributed by atoms with Crippen molar-refractivity contribution in [1.29, 1.82) is 0 Å². The lowest BCUT2D eigenvalue weighted by Crippen LogP contribution is -1.98. The summed E-state index contributed by atoms with van der Waals surface area (Å²) in [5, 5.41) is 4.30. The molecule has 0 aliphatic carbocycles. The highest BCUT2D eigenvalue weighted by Crippen LogP contribution is 2.36. The first-order valence-corrected chi connectivity index (χ1v) is 9.40. The zero-order chi connectivity index (χ0) is 18.4. The molecule has 0 heterocycles. The summed E-state index contributed by atoms with van der Waals surface area (Å²) in [6.07, 6.45) is 2.06. The molecule has 0 aliphatic heterocycles. The lowest BCUT2D eigenvalue weighted by molar-refractivity contribution is 0.310. The Balaban J connectivity index is 0.00000123. The van der Waals surface area contributed by atoms with Gasteiger partial charge in [0.1, 0.15) is 0 Å². The summed E-state index contributed by atoms with van der Waals surface area (Å²) < 4.78 is 5.62. The van der Waals surface area contributed by atoms with Crippen LogP contribution in [-0.4, -0.2) is 6.61 Å². The van der Waals surface area contributed by atoms with Crippen molar-refractivity contribution < 1.29 is 4.74 Å². The van der Waals surface area contributed by atoms with Gasteiger partial charge in [0.15, 0.2) is 5.75 Å². The van der Waals surface area contributed by atoms with Crippen LogP contribution in [0.1, 0.15) is 47.5 Å². The zero-order valence-corrected chi connectivity index (χ0v) is 16.8. The topological polar surface area (TPSA) is 21.3 Å². The number of halogens is 2. The molecule has 0 fully saturated rings. The van der Waals surface area contributed by atoms with E-state index in [1.807, 2.05) is 70.2 Å². The van der Waals surface area contributed by atoms with Crippen LogP contribution in [0.2, 0.25) is 10.0 Å². The number of unbranched alkanes of at least 4 members (excludes halogenated alkanes) is 1. The first-order chi connectivity index (χ1) is 11.7. The van der Waals surface area contributed by atoms with E-state index in [1.165, 1.54) is 0 Å². The number of anilines is 2. The fraction of sp³-hybridized carbons (Fsp3) is 0.400. The number of nitrogens with one attached hydrogen (secondary N) is 1. The Bertz CT molecular complexity index is 536. The molecule has 0 saturated carbocycles. The zero-order valence-electron chi connectivity index (χ0n) is 15.3. The molecule has 0 amide bonds. The van der Waals surface area contributed by atoms with Gasteiger partial charge in [-0.2, -0.15) is 0 Å². The number of ether oxygens (including phenoxy) is 1. The van der Waals surface area contributed by atoms with Gasteiger partial charge in [0, 0.05) is 11.4 Å². The quantitative estimate of drug-likeness (QED) is 0.521. The molecule has 134 valence electrons. The van der Waals surface area contributed by atoms with Crippen molar-refractivity contribution in [1.82, 2.24) is 0 Å². The molecular weight excluding hydrogens is 341 g/mol. The molecular formula is C20H29Cl2NO. The maximum Gasteiger partial charge on any atom is 0.156 e. The standard InChI is InChI=1S/C16H17Cl2NO.2C2H6/c1-2-3-9-20-16-14(17)10-13(11-15(16)18)19-12-7-5-4-6-8-12;2*1-2/h4-8,10-11,19H,2-3,9H2,1H3;2*1-2H3. The monoisotopic (exact) mass is 369 g/mol. The second-order valence-electron chi connectivity index (χ2n) is 4.46. The Morgan fingerprint density at radius 3 is 1.92 bits per heavy atom.